The highest BCUT2D eigenvalue weighted by Crippen LogP contribution is 2.24. The first-order valence-electron chi connectivity index (χ1n) is 7.17. The van der Waals surface area contributed by atoms with Crippen molar-refractivity contribution >= 4 is 46.7 Å². The molecule has 0 unspecified atom stereocenters. The SMILES string of the molecule is COc1ccc(N2CC(=O)N(N=Cc3ccccc3Cl)C2=S)cc1. The summed E-state index contributed by atoms with van der Waals surface area (Å²) in [7, 11) is 1.60. The van der Waals surface area contributed by atoms with Crippen LogP contribution in [0.25, 0.3) is 0 Å². The van der Waals surface area contributed by atoms with Gasteiger partial charge in [0.05, 0.1) is 13.3 Å². The standard InChI is InChI=1S/C17H14ClN3O2S/c1-23-14-8-6-13(7-9-14)20-11-16(22)21(17(20)24)19-10-12-4-2-3-5-15(12)18/h2-10H,11H2,1H3. The predicted molar refractivity (Wildman–Crippen MR) is 98.8 cm³/mol. The molecule has 1 aliphatic heterocycles. The Morgan fingerprint density at radius 2 is 1.92 bits per heavy atom. The Morgan fingerprint density at radius 3 is 2.58 bits per heavy atom. The molecule has 0 atom stereocenters. The van der Waals surface area contributed by atoms with Crippen LogP contribution in [0.4, 0.5) is 5.69 Å². The fraction of sp³-hybridized carbons (Fsp3) is 0.118. The molecule has 1 amide bonds. The second-order valence-electron chi connectivity index (χ2n) is 5.04. The maximum Gasteiger partial charge on any atom is 0.269 e. The first kappa shape index (κ1) is 16.4. The molecule has 24 heavy (non-hydrogen) atoms. The number of methoxy groups -OCH3 is 1. The van der Waals surface area contributed by atoms with Crippen LogP contribution in [0.2, 0.25) is 5.02 Å². The zero-order valence-electron chi connectivity index (χ0n) is 12.8. The van der Waals surface area contributed by atoms with Gasteiger partial charge >= 0.3 is 0 Å². The van der Waals surface area contributed by atoms with Crippen LogP contribution in [-0.4, -0.2) is 35.9 Å². The van der Waals surface area contributed by atoms with Crippen LogP contribution in [-0.2, 0) is 4.79 Å². The second-order valence-corrected chi connectivity index (χ2v) is 5.81. The Kier molecular flexibility index (Phi) is 4.78. The number of carbonyl (C=O) groups excluding carboxylic acids is 1. The van der Waals surface area contributed by atoms with Crippen LogP contribution in [0.1, 0.15) is 5.56 Å². The molecule has 7 heteroatoms. The lowest BCUT2D eigenvalue weighted by Crippen LogP contribution is -2.29. The van der Waals surface area contributed by atoms with Gasteiger partial charge in [-0.1, -0.05) is 29.8 Å². The maximum absolute atomic E-state index is 12.2. The van der Waals surface area contributed by atoms with Gasteiger partial charge in [-0.3, -0.25) is 4.79 Å². The summed E-state index contributed by atoms with van der Waals surface area (Å²) in [5.74, 6) is 0.544. The number of amides is 1. The molecule has 5 nitrogen and oxygen atoms in total. The average molecular weight is 360 g/mol. The number of rotatable bonds is 4. The molecule has 0 N–H and O–H groups in total. The molecule has 2 aromatic rings. The van der Waals surface area contributed by atoms with E-state index in [1.807, 2.05) is 42.5 Å². The van der Waals surface area contributed by atoms with Crippen LogP contribution in [0.3, 0.4) is 0 Å². The molecule has 122 valence electrons. The number of hydrazone groups is 1. The Morgan fingerprint density at radius 1 is 1.21 bits per heavy atom. The largest absolute Gasteiger partial charge is 0.497 e. The van der Waals surface area contributed by atoms with Gasteiger partial charge in [0.25, 0.3) is 5.91 Å². The number of benzene rings is 2. The van der Waals surface area contributed by atoms with E-state index >= 15 is 0 Å². The van der Waals surface area contributed by atoms with E-state index in [0.717, 1.165) is 17.0 Å². The fourth-order valence-electron chi connectivity index (χ4n) is 2.27. The van der Waals surface area contributed by atoms with Crippen molar-refractivity contribution < 1.29 is 9.53 Å². The van der Waals surface area contributed by atoms with E-state index in [4.69, 9.17) is 28.6 Å². The highest BCUT2D eigenvalue weighted by molar-refractivity contribution is 7.80. The Hall–Kier alpha value is -2.44. The van der Waals surface area contributed by atoms with Crippen molar-refractivity contribution in [2.45, 2.75) is 0 Å². The molecule has 1 aliphatic rings. The minimum Gasteiger partial charge on any atom is -0.497 e. The number of nitrogens with zero attached hydrogens (tertiary/aromatic N) is 3. The van der Waals surface area contributed by atoms with Gasteiger partial charge in [0.2, 0.25) is 5.11 Å². The van der Waals surface area contributed by atoms with Crippen molar-refractivity contribution in [1.29, 1.82) is 0 Å². The maximum atomic E-state index is 12.2. The van der Waals surface area contributed by atoms with Gasteiger partial charge in [0, 0.05) is 16.3 Å². The molecule has 0 bridgehead atoms. The topological polar surface area (TPSA) is 45.1 Å². The van der Waals surface area contributed by atoms with Gasteiger partial charge in [0.15, 0.2) is 0 Å². The quantitative estimate of drug-likeness (QED) is 0.620. The molecule has 1 fully saturated rings. The number of thiocarbonyl (C=S) groups is 1. The monoisotopic (exact) mass is 359 g/mol. The average Bonchev–Trinajstić information content (AvgIpc) is 2.89. The summed E-state index contributed by atoms with van der Waals surface area (Å²) in [6.07, 6.45) is 1.53. The van der Waals surface area contributed by atoms with E-state index in [0.29, 0.717) is 10.1 Å². The van der Waals surface area contributed by atoms with Crippen molar-refractivity contribution in [3.8, 4) is 5.75 Å². The summed E-state index contributed by atoms with van der Waals surface area (Å²) < 4.78 is 5.13. The molecule has 0 aromatic heterocycles. The second kappa shape index (κ2) is 6.98. The zero-order valence-corrected chi connectivity index (χ0v) is 14.4. The van der Waals surface area contributed by atoms with Crippen LogP contribution < -0.4 is 9.64 Å². The summed E-state index contributed by atoms with van der Waals surface area (Å²) in [5.41, 5.74) is 1.53. The molecule has 0 aliphatic carbocycles. The van der Waals surface area contributed by atoms with Gasteiger partial charge in [0.1, 0.15) is 12.3 Å². The van der Waals surface area contributed by atoms with Crippen molar-refractivity contribution in [2.24, 2.45) is 5.10 Å². The predicted octanol–water partition coefficient (Wildman–Crippen LogP) is 3.32. The molecule has 1 heterocycles. The molecule has 3 rings (SSSR count). The Balaban J connectivity index is 1.80. The van der Waals surface area contributed by atoms with Crippen molar-refractivity contribution in [3.05, 3.63) is 59.1 Å². The number of hydrogen-bond acceptors (Lipinski definition) is 4. The van der Waals surface area contributed by atoms with E-state index in [-0.39, 0.29) is 12.5 Å². The van der Waals surface area contributed by atoms with Gasteiger partial charge in [-0.15, -0.1) is 0 Å². The summed E-state index contributed by atoms with van der Waals surface area (Å²) >= 11 is 11.5. The summed E-state index contributed by atoms with van der Waals surface area (Å²) in [6, 6.07) is 14.6. The zero-order chi connectivity index (χ0) is 17.1. The minimum atomic E-state index is -0.195. The third-order valence-corrected chi connectivity index (χ3v) is 4.28. The van der Waals surface area contributed by atoms with E-state index in [1.54, 1.807) is 18.1 Å². The van der Waals surface area contributed by atoms with Gasteiger partial charge in [-0.05, 0) is 42.5 Å². The fourth-order valence-corrected chi connectivity index (χ4v) is 2.77. The molecule has 0 radical (unpaired) electrons. The van der Waals surface area contributed by atoms with Crippen LogP contribution >= 0.6 is 23.8 Å². The summed E-state index contributed by atoms with van der Waals surface area (Å²) in [5, 5.41) is 6.29. The Bertz CT molecular complexity index is 808. The number of anilines is 1. The number of ether oxygens (including phenoxy) is 1. The third kappa shape index (κ3) is 3.25. The molecule has 1 saturated heterocycles. The van der Waals surface area contributed by atoms with E-state index in [2.05, 4.69) is 5.10 Å². The van der Waals surface area contributed by atoms with E-state index < -0.39 is 0 Å². The molecule has 2 aromatic carbocycles. The lowest BCUT2D eigenvalue weighted by atomic mass is 10.2. The molecular weight excluding hydrogens is 346 g/mol. The highest BCUT2D eigenvalue weighted by atomic mass is 35.5. The van der Waals surface area contributed by atoms with Gasteiger partial charge in [-0.25, -0.2) is 0 Å². The number of halogens is 1. The summed E-state index contributed by atoms with van der Waals surface area (Å²) in [4.78, 5) is 13.9. The molecular formula is C17H14ClN3O2S. The lowest BCUT2D eigenvalue weighted by molar-refractivity contribution is -0.124. The smallest absolute Gasteiger partial charge is 0.269 e. The van der Waals surface area contributed by atoms with E-state index in [1.165, 1.54) is 11.2 Å². The van der Waals surface area contributed by atoms with Gasteiger partial charge < -0.3 is 9.64 Å². The van der Waals surface area contributed by atoms with Gasteiger partial charge in [-0.2, -0.15) is 10.1 Å². The molecule has 0 saturated carbocycles. The minimum absolute atomic E-state index is 0.144. The lowest BCUT2D eigenvalue weighted by Gasteiger charge is -2.17. The first-order chi connectivity index (χ1) is 11.6. The first-order valence-corrected chi connectivity index (χ1v) is 7.96. The number of carbonyl (C=O) groups is 1. The normalized spacial score (nSPS) is 14.8. The summed E-state index contributed by atoms with van der Waals surface area (Å²) in [6.45, 7) is 0.144. The third-order valence-electron chi connectivity index (χ3n) is 3.54. The number of hydrogen-bond donors (Lipinski definition) is 0. The molecule has 0 spiro atoms. The highest BCUT2D eigenvalue weighted by Gasteiger charge is 2.33. The Labute approximate surface area is 150 Å². The van der Waals surface area contributed by atoms with Crippen molar-refractivity contribution in [3.63, 3.8) is 0 Å². The van der Waals surface area contributed by atoms with Crippen molar-refractivity contribution in [2.75, 3.05) is 18.6 Å². The van der Waals surface area contributed by atoms with E-state index in [9.17, 15) is 4.79 Å². The van der Waals surface area contributed by atoms with Crippen LogP contribution in [0.15, 0.2) is 53.6 Å². The van der Waals surface area contributed by atoms with Crippen molar-refractivity contribution in [1.82, 2.24) is 5.01 Å². The van der Waals surface area contributed by atoms with Crippen LogP contribution in [0, 0.1) is 0 Å². The van der Waals surface area contributed by atoms with Crippen LogP contribution in [0.5, 0.6) is 5.75 Å².